The van der Waals surface area contributed by atoms with Crippen molar-refractivity contribution in [3.63, 3.8) is 0 Å². The second-order valence-corrected chi connectivity index (χ2v) is 5.41. The summed E-state index contributed by atoms with van der Waals surface area (Å²) in [4.78, 5) is 14.1. The van der Waals surface area contributed by atoms with E-state index in [4.69, 9.17) is 4.74 Å². The summed E-state index contributed by atoms with van der Waals surface area (Å²) >= 11 is 0. The minimum atomic E-state index is 0.195. The van der Waals surface area contributed by atoms with Gasteiger partial charge in [0.1, 0.15) is 0 Å². The molecular formula is C13H24N2O2. The summed E-state index contributed by atoms with van der Waals surface area (Å²) in [5.74, 6) is 0.735. The molecule has 0 saturated carbocycles. The first-order valence-corrected chi connectivity index (χ1v) is 6.81. The van der Waals surface area contributed by atoms with Crippen molar-refractivity contribution in [3.8, 4) is 0 Å². The summed E-state index contributed by atoms with van der Waals surface area (Å²) in [6.45, 7) is 3.79. The standard InChI is InChI=1S/C13H24N2O2/c1-15-6-2-4-11(10-15)8-13(16)14-9-12-5-3-7-17-12/h11-12H,2-10H2,1H3,(H,14,16). The zero-order valence-corrected chi connectivity index (χ0v) is 10.8. The van der Waals surface area contributed by atoms with Crippen LogP contribution in [0.2, 0.25) is 0 Å². The van der Waals surface area contributed by atoms with E-state index in [0.29, 0.717) is 18.9 Å². The van der Waals surface area contributed by atoms with Crippen LogP contribution in [0.5, 0.6) is 0 Å². The summed E-state index contributed by atoms with van der Waals surface area (Å²) < 4.78 is 5.49. The van der Waals surface area contributed by atoms with Gasteiger partial charge < -0.3 is 15.0 Å². The number of piperidine rings is 1. The number of hydrogen-bond donors (Lipinski definition) is 1. The van der Waals surface area contributed by atoms with Gasteiger partial charge in [0.2, 0.25) is 5.91 Å². The number of carbonyl (C=O) groups is 1. The smallest absolute Gasteiger partial charge is 0.220 e. The van der Waals surface area contributed by atoms with Crippen molar-refractivity contribution < 1.29 is 9.53 Å². The van der Waals surface area contributed by atoms with Crippen molar-refractivity contribution >= 4 is 5.91 Å². The normalized spacial score (nSPS) is 30.4. The molecule has 0 spiro atoms. The van der Waals surface area contributed by atoms with Crippen molar-refractivity contribution in [2.24, 2.45) is 5.92 Å². The van der Waals surface area contributed by atoms with Crippen LogP contribution in [0.3, 0.4) is 0 Å². The molecule has 17 heavy (non-hydrogen) atoms. The number of likely N-dealkylation sites (tertiary alicyclic amines) is 1. The Morgan fingerprint density at radius 2 is 2.29 bits per heavy atom. The van der Waals surface area contributed by atoms with Crippen LogP contribution in [0.1, 0.15) is 32.1 Å². The first kappa shape index (κ1) is 12.8. The Morgan fingerprint density at radius 1 is 1.41 bits per heavy atom. The highest BCUT2D eigenvalue weighted by Crippen LogP contribution is 2.18. The molecule has 2 saturated heterocycles. The van der Waals surface area contributed by atoms with Crippen LogP contribution in [-0.2, 0) is 9.53 Å². The minimum Gasteiger partial charge on any atom is -0.376 e. The van der Waals surface area contributed by atoms with Crippen LogP contribution in [0.25, 0.3) is 0 Å². The molecule has 2 atom stereocenters. The van der Waals surface area contributed by atoms with Crippen molar-refractivity contribution in [2.45, 2.75) is 38.2 Å². The lowest BCUT2D eigenvalue weighted by atomic mass is 9.95. The first-order valence-electron chi connectivity index (χ1n) is 6.81. The minimum absolute atomic E-state index is 0.195. The third-order valence-electron chi connectivity index (χ3n) is 3.75. The van der Waals surface area contributed by atoms with Crippen LogP contribution in [0, 0.1) is 5.92 Å². The molecule has 0 aliphatic carbocycles. The zero-order valence-electron chi connectivity index (χ0n) is 10.8. The predicted octanol–water partition coefficient (Wildman–Crippen LogP) is 1.01. The molecule has 0 radical (unpaired) electrons. The van der Waals surface area contributed by atoms with Crippen LogP contribution in [-0.4, -0.2) is 50.2 Å². The SMILES string of the molecule is CN1CCCC(CC(=O)NCC2CCCO2)C1. The monoisotopic (exact) mass is 240 g/mol. The van der Waals surface area contributed by atoms with E-state index in [1.165, 1.54) is 19.4 Å². The van der Waals surface area contributed by atoms with E-state index in [1.807, 2.05) is 0 Å². The summed E-state index contributed by atoms with van der Waals surface area (Å²) in [7, 11) is 2.14. The van der Waals surface area contributed by atoms with Crippen LogP contribution in [0.15, 0.2) is 0 Å². The largest absolute Gasteiger partial charge is 0.376 e. The van der Waals surface area contributed by atoms with E-state index >= 15 is 0 Å². The molecule has 2 rings (SSSR count). The van der Waals surface area contributed by atoms with Crippen molar-refractivity contribution in [2.75, 3.05) is 33.3 Å². The maximum absolute atomic E-state index is 11.8. The maximum Gasteiger partial charge on any atom is 0.220 e. The van der Waals surface area contributed by atoms with Gasteiger partial charge in [0.05, 0.1) is 6.10 Å². The van der Waals surface area contributed by atoms with Gasteiger partial charge in [-0.2, -0.15) is 0 Å². The molecule has 2 aliphatic heterocycles. The highest BCUT2D eigenvalue weighted by Gasteiger charge is 2.21. The summed E-state index contributed by atoms with van der Waals surface area (Å²) in [5.41, 5.74) is 0. The molecule has 2 fully saturated rings. The van der Waals surface area contributed by atoms with E-state index in [0.717, 1.165) is 26.0 Å². The quantitative estimate of drug-likeness (QED) is 0.797. The number of amides is 1. The third kappa shape index (κ3) is 4.28. The van der Waals surface area contributed by atoms with Gasteiger partial charge in [0.15, 0.2) is 0 Å². The number of rotatable bonds is 4. The lowest BCUT2D eigenvalue weighted by Gasteiger charge is -2.29. The average Bonchev–Trinajstić information content (AvgIpc) is 2.79. The Labute approximate surface area is 104 Å². The van der Waals surface area contributed by atoms with Crippen molar-refractivity contribution in [3.05, 3.63) is 0 Å². The van der Waals surface area contributed by atoms with Crippen molar-refractivity contribution in [1.82, 2.24) is 10.2 Å². The first-order chi connectivity index (χ1) is 8.24. The summed E-state index contributed by atoms with van der Waals surface area (Å²) in [6, 6.07) is 0. The van der Waals surface area contributed by atoms with E-state index in [2.05, 4.69) is 17.3 Å². The predicted molar refractivity (Wildman–Crippen MR) is 66.8 cm³/mol. The lowest BCUT2D eigenvalue weighted by molar-refractivity contribution is -0.122. The Kier molecular flexibility index (Phi) is 4.80. The van der Waals surface area contributed by atoms with Gasteiger partial charge in [-0.3, -0.25) is 4.79 Å². The molecule has 98 valence electrons. The Bertz CT molecular complexity index is 252. The fourth-order valence-corrected chi connectivity index (χ4v) is 2.81. The van der Waals surface area contributed by atoms with Gasteiger partial charge in [-0.15, -0.1) is 0 Å². The van der Waals surface area contributed by atoms with Gasteiger partial charge in [-0.25, -0.2) is 0 Å². The molecule has 0 aromatic rings. The van der Waals surface area contributed by atoms with E-state index in [1.54, 1.807) is 0 Å². The Hall–Kier alpha value is -0.610. The number of nitrogens with zero attached hydrogens (tertiary/aromatic N) is 1. The molecule has 2 unspecified atom stereocenters. The van der Waals surface area contributed by atoms with E-state index in [-0.39, 0.29) is 12.0 Å². The summed E-state index contributed by atoms with van der Waals surface area (Å²) in [5, 5.41) is 3.00. The molecule has 2 heterocycles. The topological polar surface area (TPSA) is 41.6 Å². The molecule has 4 nitrogen and oxygen atoms in total. The van der Waals surface area contributed by atoms with Gasteiger partial charge in [0, 0.05) is 26.1 Å². The zero-order chi connectivity index (χ0) is 12.1. The number of hydrogen-bond acceptors (Lipinski definition) is 3. The molecule has 4 heteroatoms. The molecule has 1 N–H and O–H groups in total. The van der Waals surface area contributed by atoms with Gasteiger partial charge in [-0.1, -0.05) is 0 Å². The van der Waals surface area contributed by atoms with Crippen LogP contribution >= 0.6 is 0 Å². The van der Waals surface area contributed by atoms with Crippen molar-refractivity contribution in [1.29, 1.82) is 0 Å². The number of ether oxygens (including phenoxy) is 1. The Morgan fingerprint density at radius 3 is 3.00 bits per heavy atom. The number of carbonyl (C=O) groups excluding carboxylic acids is 1. The van der Waals surface area contributed by atoms with E-state index in [9.17, 15) is 4.79 Å². The third-order valence-corrected chi connectivity index (χ3v) is 3.75. The van der Waals surface area contributed by atoms with Gasteiger partial charge in [-0.05, 0) is 45.2 Å². The van der Waals surface area contributed by atoms with Crippen LogP contribution in [0.4, 0.5) is 0 Å². The molecule has 0 bridgehead atoms. The fraction of sp³-hybridized carbons (Fsp3) is 0.923. The number of nitrogens with one attached hydrogen (secondary N) is 1. The average molecular weight is 240 g/mol. The molecule has 2 aliphatic rings. The maximum atomic E-state index is 11.8. The molecule has 0 aromatic heterocycles. The Balaban J connectivity index is 1.62. The summed E-state index contributed by atoms with van der Waals surface area (Å²) in [6.07, 6.45) is 5.57. The van der Waals surface area contributed by atoms with E-state index < -0.39 is 0 Å². The highest BCUT2D eigenvalue weighted by atomic mass is 16.5. The molecular weight excluding hydrogens is 216 g/mol. The van der Waals surface area contributed by atoms with Gasteiger partial charge >= 0.3 is 0 Å². The van der Waals surface area contributed by atoms with Crippen LogP contribution < -0.4 is 5.32 Å². The second-order valence-electron chi connectivity index (χ2n) is 5.41. The fourth-order valence-electron chi connectivity index (χ4n) is 2.81. The second kappa shape index (κ2) is 6.36. The molecule has 1 amide bonds. The highest BCUT2D eigenvalue weighted by molar-refractivity contribution is 5.76. The molecule has 0 aromatic carbocycles. The lowest BCUT2D eigenvalue weighted by Crippen LogP contribution is -2.37. The van der Waals surface area contributed by atoms with Gasteiger partial charge in [0.25, 0.3) is 0 Å².